The first kappa shape index (κ1) is 14.3. The molecule has 1 amide bonds. The lowest BCUT2D eigenvalue weighted by molar-refractivity contribution is -0.142. The molecule has 1 atom stereocenters. The van der Waals surface area contributed by atoms with E-state index in [1.807, 2.05) is 16.7 Å². The third kappa shape index (κ3) is 4.18. The molecule has 108 valence electrons. The van der Waals surface area contributed by atoms with Gasteiger partial charge in [-0.3, -0.25) is 14.5 Å². The van der Waals surface area contributed by atoms with Crippen molar-refractivity contribution in [1.29, 1.82) is 0 Å². The second-order valence-electron chi connectivity index (χ2n) is 5.24. The van der Waals surface area contributed by atoms with E-state index in [2.05, 4.69) is 0 Å². The summed E-state index contributed by atoms with van der Waals surface area (Å²) >= 11 is 0. The van der Waals surface area contributed by atoms with Crippen molar-refractivity contribution >= 4 is 11.9 Å². The van der Waals surface area contributed by atoms with Gasteiger partial charge in [0.25, 0.3) is 0 Å². The van der Waals surface area contributed by atoms with Gasteiger partial charge >= 0.3 is 5.97 Å². The average molecular weight is 270 g/mol. The fourth-order valence-electron chi connectivity index (χ4n) is 2.55. The predicted octanol–water partition coefficient (Wildman–Crippen LogP) is 0.173. The number of carboxylic acids is 1. The molecule has 2 rings (SSSR count). The molecule has 2 fully saturated rings. The first-order valence-electron chi connectivity index (χ1n) is 6.95. The molecule has 1 saturated carbocycles. The number of nitrogens with zero attached hydrogens (tertiary/aromatic N) is 2. The fraction of sp³-hybridized carbons (Fsp3) is 0.846. The number of carbonyl (C=O) groups is 2. The van der Waals surface area contributed by atoms with Crippen LogP contribution in [0.1, 0.15) is 26.2 Å². The van der Waals surface area contributed by atoms with Crippen molar-refractivity contribution < 1.29 is 19.4 Å². The summed E-state index contributed by atoms with van der Waals surface area (Å²) in [6, 6.07) is 0.438. The molecule has 1 saturated heterocycles. The van der Waals surface area contributed by atoms with Gasteiger partial charge in [0.2, 0.25) is 5.91 Å². The number of carbonyl (C=O) groups excluding carboxylic acids is 1. The maximum atomic E-state index is 12.2. The van der Waals surface area contributed by atoms with Crippen molar-refractivity contribution in [1.82, 2.24) is 9.80 Å². The minimum atomic E-state index is -0.855. The number of amides is 1. The molecular formula is C13H22N2O4. The summed E-state index contributed by atoms with van der Waals surface area (Å²) in [7, 11) is 0. The van der Waals surface area contributed by atoms with Gasteiger partial charge in [-0.25, -0.2) is 0 Å². The van der Waals surface area contributed by atoms with Crippen molar-refractivity contribution in [2.24, 2.45) is 0 Å². The lowest BCUT2D eigenvalue weighted by atomic mass is 10.2. The van der Waals surface area contributed by atoms with Gasteiger partial charge in [-0.15, -0.1) is 0 Å². The first-order chi connectivity index (χ1) is 9.10. The van der Waals surface area contributed by atoms with Gasteiger partial charge in [0.1, 0.15) is 0 Å². The Labute approximate surface area is 113 Å². The topological polar surface area (TPSA) is 70.1 Å². The molecule has 1 aliphatic heterocycles. The lowest BCUT2D eigenvalue weighted by Crippen LogP contribution is -2.48. The van der Waals surface area contributed by atoms with E-state index in [1.54, 1.807) is 0 Å². The van der Waals surface area contributed by atoms with E-state index < -0.39 is 5.97 Å². The monoisotopic (exact) mass is 270 g/mol. The molecule has 6 heteroatoms. The van der Waals surface area contributed by atoms with Crippen molar-refractivity contribution in [2.75, 3.05) is 32.8 Å². The Morgan fingerprint density at radius 1 is 1.42 bits per heavy atom. The molecule has 0 spiro atoms. The maximum absolute atomic E-state index is 12.2. The molecule has 0 aromatic carbocycles. The Kier molecular flexibility index (Phi) is 4.76. The van der Waals surface area contributed by atoms with Crippen LogP contribution in [-0.2, 0) is 14.3 Å². The van der Waals surface area contributed by atoms with Crippen LogP contribution in [-0.4, -0.2) is 71.7 Å². The van der Waals surface area contributed by atoms with Crippen molar-refractivity contribution in [3.05, 3.63) is 0 Å². The number of ether oxygens (including phenoxy) is 1. The van der Waals surface area contributed by atoms with Crippen LogP contribution < -0.4 is 0 Å². The number of morpholine rings is 1. The van der Waals surface area contributed by atoms with Gasteiger partial charge in [-0.2, -0.15) is 0 Å². The largest absolute Gasteiger partial charge is 0.481 e. The van der Waals surface area contributed by atoms with E-state index in [0.29, 0.717) is 32.3 Å². The third-order valence-corrected chi connectivity index (χ3v) is 3.63. The minimum Gasteiger partial charge on any atom is -0.481 e. The Balaban J connectivity index is 1.80. The number of hydrogen-bond donors (Lipinski definition) is 1. The molecule has 19 heavy (non-hydrogen) atoms. The van der Waals surface area contributed by atoms with Crippen LogP contribution in [0.3, 0.4) is 0 Å². The fourth-order valence-corrected chi connectivity index (χ4v) is 2.55. The van der Waals surface area contributed by atoms with Crippen molar-refractivity contribution in [2.45, 2.75) is 38.3 Å². The van der Waals surface area contributed by atoms with Crippen LogP contribution in [0.2, 0.25) is 0 Å². The Morgan fingerprint density at radius 3 is 2.74 bits per heavy atom. The molecule has 1 heterocycles. The number of rotatable bonds is 6. The molecule has 2 aliphatic rings. The Morgan fingerprint density at radius 2 is 2.16 bits per heavy atom. The zero-order valence-corrected chi connectivity index (χ0v) is 11.4. The summed E-state index contributed by atoms with van der Waals surface area (Å²) in [6.45, 7) is 4.87. The van der Waals surface area contributed by atoms with E-state index in [1.165, 1.54) is 0 Å². The van der Waals surface area contributed by atoms with Crippen LogP contribution in [0.4, 0.5) is 0 Å². The van der Waals surface area contributed by atoms with Gasteiger partial charge in [0.15, 0.2) is 0 Å². The standard InChI is InChI=1S/C13H22N2O4/c1-2-15(10-3-4-10)12(16)9-14-5-6-19-11(8-14)7-13(17)18/h10-11H,2-9H2,1H3,(H,17,18). The normalized spacial score (nSPS) is 24.2. The first-order valence-corrected chi connectivity index (χ1v) is 6.95. The highest BCUT2D eigenvalue weighted by molar-refractivity contribution is 5.79. The molecule has 0 radical (unpaired) electrons. The molecule has 6 nitrogen and oxygen atoms in total. The van der Waals surface area contributed by atoms with Gasteiger partial charge in [-0.1, -0.05) is 0 Å². The quantitative estimate of drug-likeness (QED) is 0.745. The SMILES string of the molecule is CCN(C(=O)CN1CCOC(CC(=O)O)C1)C1CC1. The van der Waals surface area contributed by atoms with Crippen LogP contribution in [0.15, 0.2) is 0 Å². The number of likely N-dealkylation sites (N-methyl/N-ethyl adjacent to an activating group) is 1. The molecule has 1 unspecified atom stereocenters. The number of carboxylic acid groups (broad SMARTS) is 1. The predicted molar refractivity (Wildman–Crippen MR) is 68.8 cm³/mol. The zero-order valence-electron chi connectivity index (χ0n) is 11.4. The third-order valence-electron chi connectivity index (χ3n) is 3.63. The summed E-state index contributed by atoms with van der Waals surface area (Å²) < 4.78 is 5.40. The summed E-state index contributed by atoms with van der Waals surface area (Å²) in [4.78, 5) is 26.8. The smallest absolute Gasteiger partial charge is 0.306 e. The Bertz CT molecular complexity index is 344. The second-order valence-corrected chi connectivity index (χ2v) is 5.24. The van der Waals surface area contributed by atoms with E-state index in [4.69, 9.17) is 9.84 Å². The van der Waals surface area contributed by atoms with Crippen molar-refractivity contribution in [3.8, 4) is 0 Å². The molecule has 1 aliphatic carbocycles. The minimum absolute atomic E-state index is 0.00477. The highest BCUT2D eigenvalue weighted by Gasteiger charge is 2.32. The van der Waals surface area contributed by atoms with Gasteiger partial charge in [0, 0.05) is 25.7 Å². The van der Waals surface area contributed by atoms with Crippen LogP contribution in [0.5, 0.6) is 0 Å². The highest BCUT2D eigenvalue weighted by atomic mass is 16.5. The van der Waals surface area contributed by atoms with Gasteiger partial charge in [0.05, 0.1) is 25.7 Å². The molecule has 0 aromatic rings. The Hall–Kier alpha value is -1.14. The summed E-state index contributed by atoms with van der Waals surface area (Å²) in [5, 5.41) is 8.77. The number of hydrogen-bond acceptors (Lipinski definition) is 4. The summed E-state index contributed by atoms with van der Waals surface area (Å²) in [5.41, 5.74) is 0. The van der Waals surface area contributed by atoms with E-state index in [9.17, 15) is 9.59 Å². The molecule has 1 N–H and O–H groups in total. The van der Waals surface area contributed by atoms with Crippen molar-refractivity contribution in [3.63, 3.8) is 0 Å². The number of aliphatic carboxylic acids is 1. The second kappa shape index (κ2) is 6.34. The van der Waals surface area contributed by atoms with Gasteiger partial charge < -0.3 is 14.7 Å². The summed E-state index contributed by atoms with van der Waals surface area (Å²) in [5.74, 6) is -0.702. The average Bonchev–Trinajstić information content (AvgIpc) is 3.14. The van der Waals surface area contributed by atoms with Crippen LogP contribution in [0.25, 0.3) is 0 Å². The van der Waals surface area contributed by atoms with E-state index in [-0.39, 0.29) is 18.4 Å². The van der Waals surface area contributed by atoms with Crippen LogP contribution in [0, 0.1) is 0 Å². The molecule has 0 aromatic heterocycles. The highest BCUT2D eigenvalue weighted by Crippen LogP contribution is 2.26. The zero-order chi connectivity index (χ0) is 13.8. The molecular weight excluding hydrogens is 248 g/mol. The van der Waals surface area contributed by atoms with E-state index in [0.717, 1.165) is 19.4 Å². The van der Waals surface area contributed by atoms with E-state index >= 15 is 0 Å². The lowest BCUT2D eigenvalue weighted by Gasteiger charge is -2.33. The maximum Gasteiger partial charge on any atom is 0.306 e. The van der Waals surface area contributed by atoms with Gasteiger partial charge in [-0.05, 0) is 19.8 Å². The molecule has 0 bridgehead atoms. The summed E-state index contributed by atoms with van der Waals surface area (Å²) in [6.07, 6.45) is 1.94. The van der Waals surface area contributed by atoms with Crippen LogP contribution >= 0.6 is 0 Å².